The van der Waals surface area contributed by atoms with Crippen LogP contribution in [0.2, 0.25) is 0 Å². The van der Waals surface area contributed by atoms with Gasteiger partial charge in [0.15, 0.2) is 0 Å². The van der Waals surface area contributed by atoms with Crippen LogP contribution in [0.25, 0.3) is 10.9 Å². The Morgan fingerprint density at radius 3 is 2.69 bits per heavy atom. The number of halogens is 1. The Balaban J connectivity index is 1.39. The molecule has 170 valence electrons. The number of aromatic amines is 1. The van der Waals surface area contributed by atoms with Crippen LogP contribution in [0.5, 0.6) is 5.75 Å². The molecule has 0 atom stereocenters. The van der Waals surface area contributed by atoms with E-state index in [4.69, 9.17) is 14.2 Å². The van der Waals surface area contributed by atoms with Crippen molar-refractivity contribution in [2.24, 2.45) is 0 Å². The summed E-state index contributed by atoms with van der Waals surface area (Å²) < 4.78 is 29.0. The number of hydrogen-bond donors (Lipinski definition) is 1. The van der Waals surface area contributed by atoms with Gasteiger partial charge in [-0.1, -0.05) is 6.07 Å². The molecule has 3 aromatic rings. The molecule has 0 unspecified atom stereocenters. The number of esters is 1. The number of aromatic nitrogens is 1. The highest BCUT2D eigenvalue weighted by atomic mass is 19.1. The number of ether oxygens (including phenoxy) is 3. The molecule has 1 fully saturated rings. The molecule has 0 saturated carbocycles. The lowest BCUT2D eigenvalue weighted by molar-refractivity contribution is 0.0384. The van der Waals surface area contributed by atoms with Crippen molar-refractivity contribution in [3.63, 3.8) is 0 Å². The molecule has 7 heteroatoms. The number of fused-ring (bicyclic) bond motifs is 1. The molecule has 1 aliphatic rings. The number of piperidine rings is 1. The van der Waals surface area contributed by atoms with E-state index in [0.29, 0.717) is 23.8 Å². The molecule has 2 aromatic carbocycles. The fraction of sp³-hybridized carbons (Fsp3) is 0.400. The van der Waals surface area contributed by atoms with Gasteiger partial charge in [-0.05, 0) is 73.3 Å². The topological polar surface area (TPSA) is 63.8 Å². The van der Waals surface area contributed by atoms with Crippen LogP contribution >= 0.6 is 0 Å². The van der Waals surface area contributed by atoms with Gasteiger partial charge in [-0.2, -0.15) is 0 Å². The molecule has 1 aromatic heterocycles. The first kappa shape index (κ1) is 22.3. The highest BCUT2D eigenvalue weighted by molar-refractivity contribution is 5.92. The van der Waals surface area contributed by atoms with Gasteiger partial charge in [-0.25, -0.2) is 9.18 Å². The summed E-state index contributed by atoms with van der Waals surface area (Å²) in [6.07, 6.45) is 4.09. The van der Waals surface area contributed by atoms with E-state index in [0.717, 1.165) is 48.9 Å². The van der Waals surface area contributed by atoms with Crippen molar-refractivity contribution in [2.45, 2.75) is 25.3 Å². The quantitative estimate of drug-likeness (QED) is 0.413. The van der Waals surface area contributed by atoms with Gasteiger partial charge < -0.3 is 19.2 Å². The fourth-order valence-electron chi connectivity index (χ4n) is 4.43. The summed E-state index contributed by atoms with van der Waals surface area (Å²) in [6, 6.07) is 10.6. The number of H-pyrrole nitrogens is 1. The molecule has 32 heavy (non-hydrogen) atoms. The van der Waals surface area contributed by atoms with E-state index in [1.54, 1.807) is 20.3 Å². The van der Waals surface area contributed by atoms with Gasteiger partial charge >= 0.3 is 5.97 Å². The summed E-state index contributed by atoms with van der Waals surface area (Å²) >= 11 is 0. The molecule has 6 nitrogen and oxygen atoms in total. The van der Waals surface area contributed by atoms with Gasteiger partial charge in [-0.15, -0.1) is 0 Å². The molecule has 1 aliphatic heterocycles. The highest BCUT2D eigenvalue weighted by Gasteiger charge is 2.23. The van der Waals surface area contributed by atoms with Crippen LogP contribution in [-0.2, 0) is 16.0 Å². The third-order valence-electron chi connectivity index (χ3n) is 6.11. The predicted molar refractivity (Wildman–Crippen MR) is 121 cm³/mol. The summed E-state index contributed by atoms with van der Waals surface area (Å²) in [5.74, 6) is 0.329. The Bertz CT molecular complexity index is 1070. The third-order valence-corrected chi connectivity index (χ3v) is 6.11. The van der Waals surface area contributed by atoms with Crippen LogP contribution in [0.3, 0.4) is 0 Å². The van der Waals surface area contributed by atoms with Crippen molar-refractivity contribution in [2.75, 3.05) is 40.5 Å². The number of methoxy groups -OCH3 is 2. The molecule has 1 N–H and O–H groups in total. The maximum absolute atomic E-state index is 13.5. The number of nitrogens with one attached hydrogen (secondary N) is 1. The summed E-state index contributed by atoms with van der Waals surface area (Å²) in [5.41, 5.74) is 3.60. The molecule has 0 aliphatic carbocycles. The Labute approximate surface area is 187 Å². The Morgan fingerprint density at radius 2 is 1.94 bits per heavy atom. The van der Waals surface area contributed by atoms with Gasteiger partial charge in [0.25, 0.3) is 0 Å². The number of nitrogens with zero attached hydrogens (tertiary/aromatic N) is 1. The lowest BCUT2D eigenvalue weighted by atomic mass is 9.89. The maximum atomic E-state index is 13.5. The molecule has 2 heterocycles. The second kappa shape index (κ2) is 10.1. The van der Waals surface area contributed by atoms with Gasteiger partial charge in [0, 0.05) is 30.8 Å². The Morgan fingerprint density at radius 1 is 1.12 bits per heavy atom. The number of carbonyl (C=O) groups excluding carboxylic acids is 1. The van der Waals surface area contributed by atoms with E-state index in [9.17, 15) is 9.18 Å². The molecule has 0 radical (unpaired) electrons. The smallest absolute Gasteiger partial charge is 0.342 e. The zero-order valence-corrected chi connectivity index (χ0v) is 18.5. The largest absolute Gasteiger partial charge is 0.496 e. The zero-order chi connectivity index (χ0) is 22.5. The first-order valence-electron chi connectivity index (χ1n) is 10.9. The number of benzene rings is 2. The highest BCUT2D eigenvalue weighted by Crippen LogP contribution is 2.34. The minimum atomic E-state index is -0.407. The van der Waals surface area contributed by atoms with Crippen LogP contribution in [0.4, 0.5) is 4.39 Å². The molecule has 0 spiro atoms. The fourth-order valence-corrected chi connectivity index (χ4v) is 4.43. The molecular formula is C25H29FN2O4. The maximum Gasteiger partial charge on any atom is 0.342 e. The number of rotatable bonds is 8. The Hall–Kier alpha value is -2.90. The van der Waals surface area contributed by atoms with Crippen LogP contribution in [0.15, 0.2) is 42.6 Å². The summed E-state index contributed by atoms with van der Waals surface area (Å²) in [7, 11) is 3.11. The second-order valence-corrected chi connectivity index (χ2v) is 8.15. The lowest BCUT2D eigenvalue weighted by Gasteiger charge is -2.32. The molecule has 4 rings (SSSR count). The summed E-state index contributed by atoms with van der Waals surface area (Å²) in [6.45, 7) is 3.23. The van der Waals surface area contributed by atoms with Crippen LogP contribution in [0, 0.1) is 5.82 Å². The molecular weight excluding hydrogens is 411 g/mol. The van der Waals surface area contributed by atoms with E-state index < -0.39 is 5.97 Å². The first-order chi connectivity index (χ1) is 15.6. The van der Waals surface area contributed by atoms with Crippen LogP contribution in [-0.4, -0.2) is 56.4 Å². The normalized spacial score (nSPS) is 15.2. The SMILES string of the molecule is COCCOC(=O)c1cc(CN2CCC(c3c[nH]c4cc(F)ccc34)CC2)ccc1OC. The summed E-state index contributed by atoms with van der Waals surface area (Å²) in [5, 5.41) is 1.11. The third kappa shape index (κ3) is 4.95. The average Bonchev–Trinajstić information content (AvgIpc) is 3.22. The Kier molecular flexibility index (Phi) is 7.07. The van der Waals surface area contributed by atoms with Crippen molar-refractivity contribution in [1.82, 2.24) is 9.88 Å². The molecule has 1 saturated heterocycles. The van der Waals surface area contributed by atoms with Crippen molar-refractivity contribution >= 4 is 16.9 Å². The van der Waals surface area contributed by atoms with Crippen molar-refractivity contribution in [3.8, 4) is 5.75 Å². The van der Waals surface area contributed by atoms with Gasteiger partial charge in [-0.3, -0.25) is 4.90 Å². The first-order valence-corrected chi connectivity index (χ1v) is 10.9. The zero-order valence-electron chi connectivity index (χ0n) is 18.5. The monoisotopic (exact) mass is 440 g/mol. The minimum Gasteiger partial charge on any atom is -0.496 e. The molecule has 0 amide bonds. The predicted octanol–water partition coefficient (Wildman–Crippen LogP) is 4.50. The van der Waals surface area contributed by atoms with Crippen LogP contribution < -0.4 is 4.74 Å². The van der Waals surface area contributed by atoms with Crippen molar-refractivity contribution in [3.05, 3.63) is 65.1 Å². The van der Waals surface area contributed by atoms with Crippen molar-refractivity contribution in [1.29, 1.82) is 0 Å². The van der Waals surface area contributed by atoms with E-state index in [1.807, 2.05) is 30.5 Å². The van der Waals surface area contributed by atoms with E-state index >= 15 is 0 Å². The second-order valence-electron chi connectivity index (χ2n) is 8.15. The van der Waals surface area contributed by atoms with Crippen molar-refractivity contribution < 1.29 is 23.4 Å². The van der Waals surface area contributed by atoms with E-state index in [2.05, 4.69) is 9.88 Å². The van der Waals surface area contributed by atoms with Gasteiger partial charge in [0.2, 0.25) is 0 Å². The molecule has 0 bridgehead atoms. The lowest BCUT2D eigenvalue weighted by Crippen LogP contribution is -2.32. The van der Waals surface area contributed by atoms with E-state index in [-0.39, 0.29) is 12.4 Å². The number of carbonyl (C=O) groups is 1. The number of likely N-dealkylation sites (tertiary alicyclic amines) is 1. The standard InChI is InChI=1S/C25H29FN2O4/c1-30-11-12-32-25(29)21-13-17(3-6-24(21)31-2)16-28-9-7-18(8-10-28)22-15-27-23-14-19(26)4-5-20(22)23/h3-6,13-15,18,27H,7-12,16H2,1-2H3. The minimum absolute atomic E-state index is 0.205. The number of hydrogen-bond acceptors (Lipinski definition) is 5. The van der Waals surface area contributed by atoms with Crippen LogP contribution in [0.1, 0.15) is 40.2 Å². The van der Waals surface area contributed by atoms with Gasteiger partial charge in [0.05, 0.1) is 13.7 Å². The van der Waals surface area contributed by atoms with Gasteiger partial charge in [0.1, 0.15) is 23.7 Å². The average molecular weight is 441 g/mol. The summed E-state index contributed by atoms with van der Waals surface area (Å²) in [4.78, 5) is 18.1. The van der Waals surface area contributed by atoms with E-state index in [1.165, 1.54) is 11.6 Å².